The molecule has 1 amide bonds. The Morgan fingerprint density at radius 3 is 2.53 bits per heavy atom. The average Bonchev–Trinajstić information content (AvgIpc) is 2.93. The van der Waals surface area contributed by atoms with Crippen molar-refractivity contribution in [2.24, 2.45) is 17.8 Å². The van der Waals surface area contributed by atoms with E-state index in [1.54, 1.807) is 16.2 Å². The number of amides is 1. The van der Waals surface area contributed by atoms with Crippen molar-refractivity contribution < 1.29 is 14.7 Å². The number of likely N-dealkylation sites (tertiary alicyclic amines) is 1. The summed E-state index contributed by atoms with van der Waals surface area (Å²) in [5.74, 6) is -0.970. The van der Waals surface area contributed by atoms with Crippen LogP contribution in [0.3, 0.4) is 0 Å². The van der Waals surface area contributed by atoms with Crippen LogP contribution in [0.4, 0.5) is 0 Å². The summed E-state index contributed by atoms with van der Waals surface area (Å²) in [5.41, 5.74) is 0.677. The Labute approximate surface area is 117 Å². The van der Waals surface area contributed by atoms with Crippen molar-refractivity contribution in [2.75, 3.05) is 13.1 Å². The van der Waals surface area contributed by atoms with Crippen molar-refractivity contribution in [3.05, 3.63) is 21.9 Å². The molecular weight excluding hydrogens is 262 g/mol. The zero-order valence-electron chi connectivity index (χ0n) is 11.4. The molecule has 1 aliphatic rings. The highest BCUT2D eigenvalue weighted by atomic mass is 32.1. The zero-order chi connectivity index (χ0) is 14.2. The first kappa shape index (κ1) is 14.1. The van der Waals surface area contributed by atoms with E-state index in [1.165, 1.54) is 0 Å². The van der Waals surface area contributed by atoms with E-state index in [4.69, 9.17) is 0 Å². The van der Waals surface area contributed by atoms with Crippen LogP contribution in [0.5, 0.6) is 0 Å². The molecule has 4 nitrogen and oxygen atoms in total. The molecule has 2 heterocycles. The highest BCUT2D eigenvalue weighted by Crippen LogP contribution is 2.31. The van der Waals surface area contributed by atoms with Gasteiger partial charge in [-0.3, -0.25) is 9.59 Å². The summed E-state index contributed by atoms with van der Waals surface area (Å²) in [7, 11) is 0. The van der Waals surface area contributed by atoms with Gasteiger partial charge in [0.05, 0.1) is 11.5 Å². The normalized spacial score (nSPS) is 23.1. The minimum Gasteiger partial charge on any atom is -0.481 e. The molecular formula is C14H19NO3S. The second kappa shape index (κ2) is 5.33. The van der Waals surface area contributed by atoms with Crippen LogP contribution >= 0.6 is 11.3 Å². The summed E-state index contributed by atoms with van der Waals surface area (Å²) in [4.78, 5) is 26.4. The van der Waals surface area contributed by atoms with Crippen molar-refractivity contribution in [3.63, 3.8) is 0 Å². The Bertz CT molecular complexity index is 495. The van der Waals surface area contributed by atoms with Gasteiger partial charge in [0.2, 0.25) is 0 Å². The summed E-state index contributed by atoms with van der Waals surface area (Å²) in [6.07, 6.45) is 0. The molecule has 1 fully saturated rings. The second-order valence-corrected chi connectivity index (χ2v) is 6.62. The number of thiophene rings is 1. The Hall–Kier alpha value is -1.36. The van der Waals surface area contributed by atoms with Crippen molar-refractivity contribution in [1.82, 2.24) is 4.90 Å². The lowest BCUT2D eigenvalue weighted by Gasteiger charge is -2.18. The van der Waals surface area contributed by atoms with Crippen molar-refractivity contribution in [1.29, 1.82) is 0 Å². The molecule has 1 saturated heterocycles. The largest absolute Gasteiger partial charge is 0.481 e. The number of nitrogens with zero attached hydrogens (tertiary/aromatic N) is 1. The maximum absolute atomic E-state index is 12.3. The third-order valence-electron chi connectivity index (χ3n) is 3.80. The van der Waals surface area contributed by atoms with Gasteiger partial charge in [-0.1, -0.05) is 13.8 Å². The van der Waals surface area contributed by atoms with E-state index < -0.39 is 11.9 Å². The number of carboxylic acid groups (broad SMARTS) is 1. The van der Waals surface area contributed by atoms with Crippen LogP contribution in [0, 0.1) is 24.7 Å². The molecule has 0 aliphatic carbocycles. The van der Waals surface area contributed by atoms with E-state index in [2.05, 4.69) is 0 Å². The lowest BCUT2D eigenvalue weighted by Crippen LogP contribution is -2.29. The van der Waals surface area contributed by atoms with Gasteiger partial charge in [0.25, 0.3) is 5.91 Å². The Kier molecular flexibility index (Phi) is 3.94. The fourth-order valence-electron chi connectivity index (χ4n) is 2.67. The lowest BCUT2D eigenvalue weighted by atomic mass is 9.86. The number of aryl methyl sites for hydroxylation is 1. The number of carboxylic acids is 1. The van der Waals surface area contributed by atoms with Crippen LogP contribution in [0.25, 0.3) is 0 Å². The molecule has 1 N–H and O–H groups in total. The fraction of sp³-hybridized carbons (Fsp3) is 0.571. The van der Waals surface area contributed by atoms with E-state index >= 15 is 0 Å². The molecule has 0 unspecified atom stereocenters. The first-order chi connectivity index (χ1) is 8.90. The van der Waals surface area contributed by atoms with Gasteiger partial charge in [-0.05, 0) is 24.8 Å². The van der Waals surface area contributed by atoms with Gasteiger partial charge in [0.1, 0.15) is 0 Å². The SMILES string of the molecule is Cc1cc(C(=O)N2C[C@H](C(=O)O)[C@@H](C(C)C)C2)cs1. The number of carbonyl (C=O) groups excluding carboxylic acids is 1. The maximum Gasteiger partial charge on any atom is 0.308 e. The topological polar surface area (TPSA) is 57.6 Å². The van der Waals surface area contributed by atoms with Crippen LogP contribution in [-0.2, 0) is 4.79 Å². The van der Waals surface area contributed by atoms with Gasteiger partial charge in [-0.15, -0.1) is 11.3 Å². The van der Waals surface area contributed by atoms with Crippen molar-refractivity contribution in [3.8, 4) is 0 Å². The van der Waals surface area contributed by atoms with E-state index in [1.807, 2.05) is 32.2 Å². The minimum absolute atomic E-state index is 0.0428. The summed E-state index contributed by atoms with van der Waals surface area (Å²) in [6, 6.07) is 1.87. The molecule has 2 rings (SSSR count). The number of hydrogen-bond donors (Lipinski definition) is 1. The quantitative estimate of drug-likeness (QED) is 0.926. The van der Waals surface area contributed by atoms with Gasteiger partial charge < -0.3 is 10.0 Å². The molecule has 0 radical (unpaired) electrons. The zero-order valence-corrected chi connectivity index (χ0v) is 12.2. The van der Waals surface area contributed by atoms with Gasteiger partial charge in [0, 0.05) is 23.3 Å². The molecule has 1 aromatic rings. The summed E-state index contributed by atoms with van der Waals surface area (Å²) >= 11 is 1.54. The number of hydrogen-bond acceptors (Lipinski definition) is 3. The standard InChI is InChI=1S/C14H19NO3S/c1-8(2)11-5-15(6-12(11)14(17)18)13(16)10-4-9(3)19-7-10/h4,7-8,11-12H,5-6H2,1-3H3,(H,17,18)/t11-,12+/m1/s1. The monoisotopic (exact) mass is 281 g/mol. The summed E-state index contributed by atoms with van der Waals surface area (Å²) < 4.78 is 0. The van der Waals surface area contributed by atoms with Crippen LogP contribution < -0.4 is 0 Å². The molecule has 0 saturated carbocycles. The molecule has 1 aromatic heterocycles. The van der Waals surface area contributed by atoms with Crippen LogP contribution in [0.1, 0.15) is 29.1 Å². The van der Waals surface area contributed by atoms with Crippen molar-refractivity contribution >= 4 is 23.2 Å². The molecule has 2 atom stereocenters. The van der Waals surface area contributed by atoms with E-state index in [0.717, 1.165) is 4.88 Å². The predicted molar refractivity (Wildman–Crippen MR) is 74.4 cm³/mol. The highest BCUT2D eigenvalue weighted by molar-refractivity contribution is 7.10. The van der Waals surface area contributed by atoms with Crippen LogP contribution in [0.2, 0.25) is 0 Å². The van der Waals surface area contributed by atoms with Crippen molar-refractivity contribution in [2.45, 2.75) is 20.8 Å². The number of rotatable bonds is 3. The predicted octanol–water partition coefficient (Wildman–Crippen LogP) is 2.49. The number of aliphatic carboxylic acids is 1. The second-order valence-electron chi connectivity index (χ2n) is 5.51. The first-order valence-corrected chi connectivity index (χ1v) is 7.35. The Morgan fingerprint density at radius 1 is 1.42 bits per heavy atom. The van der Waals surface area contributed by atoms with E-state index in [-0.39, 0.29) is 17.7 Å². The molecule has 0 bridgehead atoms. The van der Waals surface area contributed by atoms with Gasteiger partial charge in [-0.25, -0.2) is 0 Å². The Balaban J connectivity index is 2.15. The van der Waals surface area contributed by atoms with Crippen LogP contribution in [-0.4, -0.2) is 35.0 Å². The minimum atomic E-state index is -0.796. The molecule has 1 aliphatic heterocycles. The maximum atomic E-state index is 12.3. The van der Waals surface area contributed by atoms with Gasteiger partial charge >= 0.3 is 5.97 Å². The smallest absolute Gasteiger partial charge is 0.308 e. The van der Waals surface area contributed by atoms with Gasteiger partial charge in [-0.2, -0.15) is 0 Å². The van der Waals surface area contributed by atoms with E-state index in [9.17, 15) is 14.7 Å². The number of carbonyl (C=O) groups is 2. The molecule has 104 valence electrons. The average molecular weight is 281 g/mol. The summed E-state index contributed by atoms with van der Waals surface area (Å²) in [5, 5.41) is 11.1. The Morgan fingerprint density at radius 2 is 2.11 bits per heavy atom. The third kappa shape index (κ3) is 2.81. The van der Waals surface area contributed by atoms with E-state index in [0.29, 0.717) is 18.7 Å². The fourth-order valence-corrected chi connectivity index (χ4v) is 3.35. The first-order valence-electron chi connectivity index (χ1n) is 6.47. The molecule has 0 aromatic carbocycles. The van der Waals surface area contributed by atoms with Crippen LogP contribution in [0.15, 0.2) is 11.4 Å². The molecule has 0 spiro atoms. The molecule has 5 heteroatoms. The third-order valence-corrected chi connectivity index (χ3v) is 4.66. The summed E-state index contributed by atoms with van der Waals surface area (Å²) in [6.45, 7) is 6.86. The lowest BCUT2D eigenvalue weighted by molar-refractivity contribution is -0.142. The molecule has 19 heavy (non-hydrogen) atoms. The highest BCUT2D eigenvalue weighted by Gasteiger charge is 2.41. The van der Waals surface area contributed by atoms with Gasteiger partial charge in [0.15, 0.2) is 0 Å².